The van der Waals surface area contributed by atoms with Gasteiger partial charge in [-0.1, -0.05) is 26.7 Å². The van der Waals surface area contributed by atoms with Crippen molar-refractivity contribution in [1.29, 1.82) is 0 Å². The fourth-order valence-corrected chi connectivity index (χ4v) is 2.39. The lowest BCUT2D eigenvalue weighted by molar-refractivity contribution is -0.0892. The number of hydrogen-bond donors (Lipinski definition) is 1. The molecule has 0 aromatic carbocycles. The van der Waals surface area contributed by atoms with Gasteiger partial charge in [-0.2, -0.15) is 0 Å². The SMILES string of the molecule is CC(C)NCC1(OCCOC(C)(C)C)CCCC1. The maximum atomic E-state index is 6.15. The number of hydrogen-bond acceptors (Lipinski definition) is 3. The zero-order chi connectivity index (χ0) is 13.6. The molecule has 1 fully saturated rings. The van der Waals surface area contributed by atoms with Gasteiger partial charge in [0.1, 0.15) is 0 Å². The fourth-order valence-electron chi connectivity index (χ4n) is 2.39. The topological polar surface area (TPSA) is 30.5 Å². The van der Waals surface area contributed by atoms with Gasteiger partial charge in [0.2, 0.25) is 0 Å². The van der Waals surface area contributed by atoms with Crippen molar-refractivity contribution in [1.82, 2.24) is 5.32 Å². The van der Waals surface area contributed by atoms with E-state index in [0.29, 0.717) is 19.3 Å². The molecule has 3 nitrogen and oxygen atoms in total. The van der Waals surface area contributed by atoms with E-state index in [1.807, 2.05) is 0 Å². The molecule has 0 amide bonds. The molecule has 0 radical (unpaired) electrons. The van der Waals surface area contributed by atoms with Gasteiger partial charge in [0.15, 0.2) is 0 Å². The first kappa shape index (κ1) is 15.9. The van der Waals surface area contributed by atoms with Crippen LogP contribution in [0.25, 0.3) is 0 Å². The largest absolute Gasteiger partial charge is 0.373 e. The molecule has 1 saturated carbocycles. The third kappa shape index (κ3) is 6.17. The van der Waals surface area contributed by atoms with Crippen molar-refractivity contribution >= 4 is 0 Å². The maximum Gasteiger partial charge on any atom is 0.0807 e. The minimum Gasteiger partial charge on any atom is -0.373 e. The Kier molecular flexibility index (Phi) is 6.09. The molecule has 0 heterocycles. The molecular formula is C15H31NO2. The Morgan fingerprint density at radius 2 is 1.72 bits per heavy atom. The highest BCUT2D eigenvalue weighted by Crippen LogP contribution is 2.32. The summed E-state index contributed by atoms with van der Waals surface area (Å²) in [6.45, 7) is 13.0. The first-order valence-electron chi connectivity index (χ1n) is 7.34. The molecule has 0 unspecified atom stereocenters. The van der Waals surface area contributed by atoms with E-state index in [0.717, 1.165) is 6.54 Å². The zero-order valence-electron chi connectivity index (χ0n) is 12.8. The number of nitrogens with one attached hydrogen (secondary N) is 1. The Balaban J connectivity index is 2.29. The highest BCUT2D eigenvalue weighted by Gasteiger charge is 2.34. The van der Waals surface area contributed by atoms with E-state index in [9.17, 15) is 0 Å². The number of ether oxygens (including phenoxy) is 2. The molecule has 0 spiro atoms. The van der Waals surface area contributed by atoms with Crippen molar-refractivity contribution in [2.45, 2.75) is 77.5 Å². The van der Waals surface area contributed by atoms with Gasteiger partial charge in [-0.25, -0.2) is 0 Å². The van der Waals surface area contributed by atoms with E-state index in [4.69, 9.17) is 9.47 Å². The molecule has 1 rings (SSSR count). The third-order valence-corrected chi connectivity index (χ3v) is 3.37. The summed E-state index contributed by atoms with van der Waals surface area (Å²) in [5.74, 6) is 0. The van der Waals surface area contributed by atoms with Crippen molar-refractivity contribution in [3.63, 3.8) is 0 Å². The molecule has 1 aliphatic rings. The molecule has 0 bridgehead atoms. The Morgan fingerprint density at radius 3 is 2.22 bits per heavy atom. The Morgan fingerprint density at radius 1 is 1.11 bits per heavy atom. The fraction of sp³-hybridized carbons (Fsp3) is 1.00. The van der Waals surface area contributed by atoms with E-state index < -0.39 is 0 Å². The highest BCUT2D eigenvalue weighted by atomic mass is 16.5. The monoisotopic (exact) mass is 257 g/mol. The lowest BCUT2D eigenvalue weighted by atomic mass is 10.0. The number of rotatable bonds is 7. The van der Waals surface area contributed by atoms with Crippen molar-refractivity contribution in [3.8, 4) is 0 Å². The van der Waals surface area contributed by atoms with Gasteiger partial charge in [-0.3, -0.25) is 0 Å². The van der Waals surface area contributed by atoms with Gasteiger partial charge in [-0.15, -0.1) is 0 Å². The summed E-state index contributed by atoms with van der Waals surface area (Å²) in [6.07, 6.45) is 4.95. The van der Waals surface area contributed by atoms with E-state index in [1.165, 1.54) is 25.7 Å². The van der Waals surface area contributed by atoms with Crippen LogP contribution in [0.4, 0.5) is 0 Å². The molecule has 0 atom stereocenters. The summed E-state index contributed by atoms with van der Waals surface area (Å²) in [5, 5.41) is 3.52. The van der Waals surface area contributed by atoms with Crippen LogP contribution >= 0.6 is 0 Å². The molecule has 108 valence electrons. The standard InChI is InChI=1S/C15H31NO2/c1-13(2)16-12-15(8-6-7-9-15)18-11-10-17-14(3,4)5/h13,16H,6-12H2,1-5H3. The van der Waals surface area contributed by atoms with Gasteiger partial charge in [-0.05, 0) is 33.6 Å². The summed E-state index contributed by atoms with van der Waals surface area (Å²) < 4.78 is 11.9. The van der Waals surface area contributed by atoms with E-state index in [1.54, 1.807) is 0 Å². The molecule has 0 aromatic heterocycles. The molecule has 0 saturated heterocycles. The van der Waals surface area contributed by atoms with Gasteiger partial charge in [0.25, 0.3) is 0 Å². The van der Waals surface area contributed by atoms with Crippen LogP contribution in [-0.2, 0) is 9.47 Å². The van der Waals surface area contributed by atoms with Crippen molar-refractivity contribution in [3.05, 3.63) is 0 Å². The van der Waals surface area contributed by atoms with Crippen LogP contribution in [0.3, 0.4) is 0 Å². The quantitative estimate of drug-likeness (QED) is 0.711. The zero-order valence-corrected chi connectivity index (χ0v) is 12.8. The Bertz CT molecular complexity index is 227. The second-order valence-corrected chi connectivity index (χ2v) is 6.74. The summed E-state index contributed by atoms with van der Waals surface area (Å²) in [6, 6.07) is 0.525. The maximum absolute atomic E-state index is 6.15. The van der Waals surface area contributed by atoms with Crippen molar-refractivity contribution in [2.75, 3.05) is 19.8 Å². The van der Waals surface area contributed by atoms with E-state index in [2.05, 4.69) is 39.9 Å². The predicted octanol–water partition coefficient (Wildman–Crippen LogP) is 3.13. The minimum absolute atomic E-state index is 0.0610. The average Bonchev–Trinajstić information content (AvgIpc) is 2.70. The van der Waals surface area contributed by atoms with Crippen LogP contribution in [-0.4, -0.2) is 37.0 Å². The smallest absolute Gasteiger partial charge is 0.0807 e. The van der Waals surface area contributed by atoms with Crippen LogP contribution in [0.2, 0.25) is 0 Å². The average molecular weight is 257 g/mol. The summed E-state index contributed by atoms with van der Waals surface area (Å²) in [7, 11) is 0. The first-order chi connectivity index (χ1) is 8.33. The molecule has 1 aliphatic carbocycles. The first-order valence-corrected chi connectivity index (χ1v) is 7.34. The van der Waals surface area contributed by atoms with Crippen LogP contribution in [0.5, 0.6) is 0 Å². The lowest BCUT2D eigenvalue weighted by Crippen LogP contribution is -2.44. The van der Waals surface area contributed by atoms with Gasteiger partial charge < -0.3 is 14.8 Å². The van der Waals surface area contributed by atoms with E-state index >= 15 is 0 Å². The molecule has 0 aromatic rings. The molecule has 3 heteroatoms. The van der Waals surface area contributed by atoms with Crippen LogP contribution < -0.4 is 5.32 Å². The highest BCUT2D eigenvalue weighted by molar-refractivity contribution is 4.89. The summed E-state index contributed by atoms with van der Waals surface area (Å²) in [4.78, 5) is 0. The van der Waals surface area contributed by atoms with Gasteiger partial charge >= 0.3 is 0 Å². The summed E-state index contributed by atoms with van der Waals surface area (Å²) >= 11 is 0. The molecular weight excluding hydrogens is 226 g/mol. The third-order valence-electron chi connectivity index (χ3n) is 3.37. The second kappa shape index (κ2) is 6.88. The normalized spacial score (nSPS) is 19.7. The summed E-state index contributed by atoms with van der Waals surface area (Å²) in [5.41, 5.74) is -0.00606. The van der Waals surface area contributed by atoms with E-state index in [-0.39, 0.29) is 11.2 Å². The minimum atomic E-state index is -0.0671. The lowest BCUT2D eigenvalue weighted by Gasteiger charge is -2.31. The van der Waals surface area contributed by atoms with Gasteiger partial charge in [0.05, 0.1) is 24.4 Å². The molecule has 0 aliphatic heterocycles. The van der Waals surface area contributed by atoms with Crippen molar-refractivity contribution < 1.29 is 9.47 Å². The molecule has 18 heavy (non-hydrogen) atoms. The van der Waals surface area contributed by atoms with Crippen molar-refractivity contribution in [2.24, 2.45) is 0 Å². The molecule has 1 N–H and O–H groups in total. The second-order valence-electron chi connectivity index (χ2n) is 6.74. The van der Waals surface area contributed by atoms with Crippen LogP contribution in [0, 0.1) is 0 Å². The van der Waals surface area contributed by atoms with Crippen LogP contribution in [0.1, 0.15) is 60.3 Å². The predicted molar refractivity (Wildman–Crippen MR) is 76.0 cm³/mol. The van der Waals surface area contributed by atoms with Gasteiger partial charge in [0, 0.05) is 12.6 Å². The van der Waals surface area contributed by atoms with Crippen LogP contribution in [0.15, 0.2) is 0 Å². The Hall–Kier alpha value is -0.120. The Labute approximate surface area is 113 Å².